The molecule has 2 aliphatic heterocycles. The highest BCUT2D eigenvalue weighted by atomic mass is 32.2. The first-order valence-electron chi connectivity index (χ1n) is 7.42. The summed E-state index contributed by atoms with van der Waals surface area (Å²) >= 11 is 0. The number of sulfonamides is 1. The van der Waals surface area contributed by atoms with E-state index in [4.69, 9.17) is 0 Å². The van der Waals surface area contributed by atoms with Crippen LogP contribution in [0.4, 0.5) is 5.82 Å². The minimum absolute atomic E-state index is 0.00531. The van der Waals surface area contributed by atoms with E-state index in [1.807, 2.05) is 6.92 Å². The van der Waals surface area contributed by atoms with Crippen LogP contribution in [0.5, 0.6) is 0 Å². The number of nitrogens with one attached hydrogen (secondary N) is 1. The molecule has 0 bridgehead atoms. The second-order valence-electron chi connectivity index (χ2n) is 5.81. The third-order valence-corrected chi connectivity index (χ3v) is 6.49. The quantitative estimate of drug-likeness (QED) is 0.901. The lowest BCUT2D eigenvalue weighted by molar-refractivity contribution is 0.117. The fourth-order valence-electron chi connectivity index (χ4n) is 3.41. The Bertz CT molecular complexity index is 619. The molecule has 2 unspecified atom stereocenters. The van der Waals surface area contributed by atoms with Crippen LogP contribution >= 0.6 is 0 Å². The average Bonchev–Trinajstić information content (AvgIpc) is 2.93. The maximum absolute atomic E-state index is 13.0. The summed E-state index contributed by atoms with van der Waals surface area (Å²) in [6.45, 7) is 4.49. The van der Waals surface area contributed by atoms with Gasteiger partial charge in [0.15, 0.2) is 0 Å². The molecule has 1 aromatic rings. The summed E-state index contributed by atoms with van der Waals surface area (Å²) in [5.74, 6) is 0.415. The number of anilines is 1. The number of hydrogen-bond donors (Lipinski definition) is 1. The Kier molecular flexibility index (Phi) is 3.90. The molecule has 1 aromatic heterocycles. The van der Waals surface area contributed by atoms with Gasteiger partial charge in [0, 0.05) is 38.4 Å². The van der Waals surface area contributed by atoms with E-state index in [0.717, 1.165) is 19.5 Å². The lowest BCUT2D eigenvalue weighted by Crippen LogP contribution is -2.56. The molecule has 3 rings (SSSR count). The molecule has 0 aliphatic carbocycles. The van der Waals surface area contributed by atoms with Crippen molar-refractivity contribution in [3.8, 4) is 0 Å². The molecule has 21 heavy (non-hydrogen) atoms. The average molecular weight is 310 g/mol. The predicted octanol–water partition coefficient (Wildman–Crippen LogP) is 0.980. The van der Waals surface area contributed by atoms with Gasteiger partial charge in [-0.3, -0.25) is 4.90 Å². The van der Waals surface area contributed by atoms with Crippen molar-refractivity contribution in [2.45, 2.75) is 36.7 Å². The predicted molar refractivity (Wildman–Crippen MR) is 81.7 cm³/mol. The van der Waals surface area contributed by atoms with E-state index in [9.17, 15) is 8.42 Å². The van der Waals surface area contributed by atoms with Crippen molar-refractivity contribution in [1.82, 2.24) is 14.2 Å². The van der Waals surface area contributed by atoms with Crippen LogP contribution in [0, 0.1) is 0 Å². The third kappa shape index (κ3) is 2.54. The zero-order chi connectivity index (χ0) is 15.0. The zero-order valence-corrected chi connectivity index (χ0v) is 13.3. The van der Waals surface area contributed by atoms with Crippen LogP contribution in [0.2, 0.25) is 0 Å². The summed E-state index contributed by atoms with van der Waals surface area (Å²) < 4.78 is 27.6. The molecule has 3 heterocycles. The smallest absolute Gasteiger partial charge is 0.247 e. The molecule has 7 heteroatoms. The minimum Gasteiger partial charge on any atom is -0.372 e. The fraction of sp³-hybridized carbons (Fsp3) is 0.643. The van der Waals surface area contributed by atoms with Crippen LogP contribution < -0.4 is 5.32 Å². The van der Waals surface area contributed by atoms with E-state index < -0.39 is 10.0 Å². The van der Waals surface area contributed by atoms with Crippen LogP contribution in [0.3, 0.4) is 0 Å². The summed E-state index contributed by atoms with van der Waals surface area (Å²) in [7, 11) is -1.82. The van der Waals surface area contributed by atoms with Crippen LogP contribution in [-0.2, 0) is 10.0 Å². The molecule has 2 atom stereocenters. The first-order chi connectivity index (χ1) is 10.0. The van der Waals surface area contributed by atoms with Gasteiger partial charge in [-0.15, -0.1) is 0 Å². The van der Waals surface area contributed by atoms with E-state index in [-0.39, 0.29) is 10.9 Å². The highest BCUT2D eigenvalue weighted by Crippen LogP contribution is 2.30. The molecule has 2 aliphatic rings. The van der Waals surface area contributed by atoms with E-state index in [2.05, 4.69) is 15.2 Å². The monoisotopic (exact) mass is 310 g/mol. The summed E-state index contributed by atoms with van der Waals surface area (Å²) in [5, 5.41) is 2.87. The Labute approximate surface area is 126 Å². The van der Waals surface area contributed by atoms with Gasteiger partial charge in [-0.25, -0.2) is 13.4 Å². The second-order valence-corrected chi connectivity index (χ2v) is 7.67. The van der Waals surface area contributed by atoms with Gasteiger partial charge in [0.05, 0.1) is 0 Å². The zero-order valence-electron chi connectivity index (χ0n) is 12.5. The Morgan fingerprint density at radius 3 is 2.95 bits per heavy atom. The van der Waals surface area contributed by atoms with Gasteiger partial charge in [-0.2, -0.15) is 4.31 Å². The van der Waals surface area contributed by atoms with Crippen LogP contribution in [0.1, 0.15) is 19.8 Å². The first-order valence-corrected chi connectivity index (χ1v) is 8.86. The molecule has 2 fully saturated rings. The minimum atomic E-state index is -3.51. The largest absolute Gasteiger partial charge is 0.372 e. The van der Waals surface area contributed by atoms with E-state index in [0.29, 0.717) is 18.4 Å². The highest BCUT2D eigenvalue weighted by Gasteiger charge is 2.40. The van der Waals surface area contributed by atoms with Crippen LogP contribution in [0.25, 0.3) is 0 Å². The lowest BCUT2D eigenvalue weighted by atomic mass is 10.1. The van der Waals surface area contributed by atoms with Crippen LogP contribution in [0.15, 0.2) is 23.2 Å². The van der Waals surface area contributed by atoms with Crippen molar-refractivity contribution in [3.05, 3.63) is 18.3 Å². The second kappa shape index (κ2) is 5.55. The van der Waals surface area contributed by atoms with Gasteiger partial charge in [-0.05, 0) is 38.4 Å². The van der Waals surface area contributed by atoms with E-state index in [1.165, 1.54) is 6.42 Å². The van der Waals surface area contributed by atoms with Crippen molar-refractivity contribution >= 4 is 15.8 Å². The number of aromatic nitrogens is 1. The molecule has 0 spiro atoms. The molecule has 0 saturated carbocycles. The molecule has 0 amide bonds. The summed E-state index contributed by atoms with van der Waals surface area (Å²) in [6.07, 6.45) is 3.85. The van der Waals surface area contributed by atoms with Crippen molar-refractivity contribution in [2.24, 2.45) is 0 Å². The fourth-order valence-corrected chi connectivity index (χ4v) is 5.22. The van der Waals surface area contributed by atoms with Gasteiger partial charge >= 0.3 is 0 Å². The Hall–Kier alpha value is -1.18. The van der Waals surface area contributed by atoms with E-state index in [1.54, 1.807) is 29.7 Å². The number of piperazine rings is 1. The van der Waals surface area contributed by atoms with Gasteiger partial charge < -0.3 is 5.32 Å². The Morgan fingerprint density at radius 2 is 2.19 bits per heavy atom. The van der Waals surface area contributed by atoms with Crippen molar-refractivity contribution in [3.63, 3.8) is 0 Å². The molecule has 6 nitrogen and oxygen atoms in total. The molecule has 0 aromatic carbocycles. The van der Waals surface area contributed by atoms with Crippen molar-refractivity contribution in [1.29, 1.82) is 0 Å². The van der Waals surface area contributed by atoms with Crippen LogP contribution in [-0.4, -0.2) is 61.4 Å². The first kappa shape index (κ1) is 14.7. The molecule has 1 N–H and O–H groups in total. The number of pyridine rings is 1. The van der Waals surface area contributed by atoms with E-state index >= 15 is 0 Å². The highest BCUT2D eigenvalue weighted by molar-refractivity contribution is 7.89. The molecule has 2 saturated heterocycles. The maximum Gasteiger partial charge on any atom is 0.247 e. The molecule has 0 radical (unpaired) electrons. The standard InChI is InChI=1S/C14H22N4O2S/c1-11-9-17-8-4-5-12(17)10-18(11)21(19,20)13-6-3-7-16-14(13)15-2/h3,6-7,11-12H,4-5,8-10H2,1-2H3,(H,15,16). The van der Waals surface area contributed by atoms with Gasteiger partial charge in [0.2, 0.25) is 10.0 Å². The summed E-state index contributed by atoms with van der Waals surface area (Å²) in [5.41, 5.74) is 0. The molecular formula is C14H22N4O2S. The third-order valence-electron chi connectivity index (χ3n) is 4.47. The van der Waals surface area contributed by atoms with Gasteiger partial charge in [-0.1, -0.05) is 0 Å². The number of rotatable bonds is 3. The molecular weight excluding hydrogens is 288 g/mol. The van der Waals surface area contributed by atoms with Gasteiger partial charge in [0.1, 0.15) is 10.7 Å². The number of hydrogen-bond acceptors (Lipinski definition) is 5. The summed E-state index contributed by atoms with van der Waals surface area (Å²) in [6, 6.07) is 3.66. The topological polar surface area (TPSA) is 65.5 Å². The van der Waals surface area contributed by atoms with Crippen molar-refractivity contribution < 1.29 is 8.42 Å². The number of nitrogens with zero attached hydrogens (tertiary/aromatic N) is 3. The summed E-state index contributed by atoms with van der Waals surface area (Å²) in [4.78, 5) is 6.81. The molecule has 116 valence electrons. The SMILES string of the molecule is CNc1ncccc1S(=O)(=O)N1CC2CCCN2CC1C. The van der Waals surface area contributed by atoms with Crippen molar-refractivity contribution in [2.75, 3.05) is 32.0 Å². The lowest BCUT2D eigenvalue weighted by Gasteiger charge is -2.41. The maximum atomic E-state index is 13.0. The van der Waals surface area contributed by atoms with Gasteiger partial charge in [0.25, 0.3) is 0 Å². The Balaban J connectivity index is 1.94. The Morgan fingerprint density at radius 1 is 1.38 bits per heavy atom. The number of fused-ring (bicyclic) bond motifs is 1. The normalized spacial score (nSPS) is 27.5.